The number of ether oxygens (including phenoxy) is 2. The van der Waals surface area contributed by atoms with Crippen LogP contribution >= 0.6 is 0 Å². The van der Waals surface area contributed by atoms with Gasteiger partial charge in [-0.3, -0.25) is 9.79 Å². The number of carbonyl (C=O) groups excluding carboxylic acids is 1. The Labute approximate surface area is 264 Å². The van der Waals surface area contributed by atoms with Crippen LogP contribution in [0, 0.1) is 11.6 Å². The highest BCUT2D eigenvalue weighted by molar-refractivity contribution is 6.00. The van der Waals surface area contributed by atoms with E-state index in [1.54, 1.807) is 18.3 Å². The monoisotopic (exact) mass is 625 g/mol. The number of pyridine rings is 1. The summed E-state index contributed by atoms with van der Waals surface area (Å²) in [5.74, 6) is -0.957. The second-order valence-electron chi connectivity index (χ2n) is 10.5. The molecule has 9 nitrogen and oxygen atoms in total. The zero-order chi connectivity index (χ0) is 33.8. The predicted molar refractivity (Wildman–Crippen MR) is 177 cm³/mol. The molecule has 0 aliphatic carbocycles. The van der Waals surface area contributed by atoms with Crippen LogP contribution in [0.5, 0.6) is 11.5 Å². The molecule has 4 rings (SSSR count). The van der Waals surface area contributed by atoms with Crippen molar-refractivity contribution in [1.82, 2.24) is 10.3 Å². The third kappa shape index (κ3) is 8.64. The number of aromatic nitrogens is 1. The fraction of sp³-hybridized carbons (Fsp3) is 0.382. The smallest absolute Gasteiger partial charge is 0.251 e. The highest BCUT2D eigenvalue weighted by Crippen LogP contribution is 2.43. The molecule has 0 radical (unpaired) electrons. The van der Waals surface area contributed by atoms with E-state index >= 15 is 4.39 Å². The van der Waals surface area contributed by atoms with Crippen molar-refractivity contribution in [3.63, 3.8) is 0 Å². The third-order valence-corrected chi connectivity index (χ3v) is 7.04. The lowest BCUT2D eigenvalue weighted by molar-refractivity contribution is 0.0958. The van der Waals surface area contributed by atoms with Crippen molar-refractivity contribution < 1.29 is 28.2 Å². The summed E-state index contributed by atoms with van der Waals surface area (Å²) in [5, 5.41) is 9.87. The quantitative estimate of drug-likeness (QED) is 0.167. The first kappa shape index (κ1) is 36.8. The molecule has 2 heterocycles. The van der Waals surface area contributed by atoms with Gasteiger partial charge in [-0.2, -0.15) is 0 Å². The van der Waals surface area contributed by atoms with Gasteiger partial charge in [0.1, 0.15) is 28.8 Å². The van der Waals surface area contributed by atoms with E-state index in [0.29, 0.717) is 58.3 Å². The minimum atomic E-state index is -0.726. The van der Waals surface area contributed by atoms with Gasteiger partial charge in [0.25, 0.3) is 5.91 Å². The molecule has 2 aromatic carbocycles. The van der Waals surface area contributed by atoms with Crippen LogP contribution in [-0.4, -0.2) is 63.2 Å². The number of aliphatic hydroxyl groups is 1. The second-order valence-corrected chi connectivity index (χ2v) is 10.5. The number of aliphatic imine (C=N–C) groups is 1. The standard InChI is InChI=1S/C32H36F2N4O3.CH5N.CH4O/c1-7-8-36-15-21-9-20(10-28(40-6)29(21)35)32(39)37-14-18(4)27-12-23-19(5)16-41-31(23)30(38-27)24-11-22(17(2)3)25(33)13-26(24)34;2*1-2/h9-13,15,17,19H,4,7-8,14,16,35H2,1-3,5-6H3,(H,37,39);2H2,1H3;2H,1H3. The van der Waals surface area contributed by atoms with E-state index in [2.05, 4.69) is 22.6 Å². The van der Waals surface area contributed by atoms with Crippen LogP contribution in [0.1, 0.15) is 78.7 Å². The Bertz CT molecular complexity index is 1530. The van der Waals surface area contributed by atoms with Gasteiger partial charge in [-0.1, -0.05) is 34.3 Å². The van der Waals surface area contributed by atoms with Crippen LogP contribution in [0.3, 0.4) is 0 Å². The highest BCUT2D eigenvalue weighted by atomic mass is 19.1. The fourth-order valence-electron chi connectivity index (χ4n) is 4.65. The van der Waals surface area contributed by atoms with E-state index in [1.165, 1.54) is 20.2 Å². The van der Waals surface area contributed by atoms with Gasteiger partial charge in [0, 0.05) is 60.7 Å². The number of benzene rings is 2. The van der Waals surface area contributed by atoms with E-state index in [0.717, 1.165) is 25.2 Å². The molecule has 45 heavy (non-hydrogen) atoms. The lowest BCUT2D eigenvalue weighted by Gasteiger charge is -2.16. The Balaban J connectivity index is 0.00000169. The van der Waals surface area contributed by atoms with Gasteiger partial charge in [-0.05, 0) is 54.8 Å². The topological polar surface area (TPSA) is 145 Å². The maximum Gasteiger partial charge on any atom is 0.251 e. The lowest BCUT2D eigenvalue weighted by atomic mass is 9.95. The fourth-order valence-corrected chi connectivity index (χ4v) is 4.65. The van der Waals surface area contributed by atoms with E-state index in [-0.39, 0.29) is 35.5 Å². The molecular formula is C34H45F2N5O4. The number of hydrogen-bond donors (Lipinski definition) is 4. The first-order valence-electron chi connectivity index (χ1n) is 14.7. The van der Waals surface area contributed by atoms with Crippen LogP contribution in [-0.2, 0) is 0 Å². The number of fused-ring (bicyclic) bond motifs is 1. The summed E-state index contributed by atoms with van der Waals surface area (Å²) in [6.07, 6.45) is 2.52. The van der Waals surface area contributed by atoms with Crippen molar-refractivity contribution in [1.29, 1.82) is 0 Å². The van der Waals surface area contributed by atoms with Crippen LogP contribution < -0.4 is 26.3 Å². The Morgan fingerprint density at radius 2 is 1.91 bits per heavy atom. The largest absolute Gasteiger partial charge is 0.495 e. The Hall–Kier alpha value is -4.35. The molecule has 0 saturated carbocycles. The number of rotatable bonds is 10. The van der Waals surface area contributed by atoms with Crippen molar-refractivity contribution in [3.8, 4) is 22.8 Å². The average molecular weight is 626 g/mol. The molecule has 11 heteroatoms. The molecule has 1 atom stereocenters. The maximum atomic E-state index is 15.1. The van der Waals surface area contributed by atoms with Gasteiger partial charge >= 0.3 is 0 Å². The molecule has 0 saturated heterocycles. The van der Waals surface area contributed by atoms with E-state index in [4.69, 9.17) is 25.3 Å². The number of nitrogens with zero attached hydrogens (tertiary/aromatic N) is 2. The molecule has 0 spiro atoms. The van der Waals surface area contributed by atoms with Gasteiger partial charge < -0.3 is 31.4 Å². The summed E-state index contributed by atoms with van der Waals surface area (Å²) in [5.41, 5.74) is 14.7. The molecular weight excluding hydrogens is 580 g/mol. The number of nitrogens with one attached hydrogen (secondary N) is 1. The highest BCUT2D eigenvalue weighted by Gasteiger charge is 2.28. The normalized spacial score (nSPS) is 13.3. The van der Waals surface area contributed by atoms with Crippen LogP contribution in [0.2, 0.25) is 0 Å². The van der Waals surface area contributed by atoms with Gasteiger partial charge in [0.2, 0.25) is 0 Å². The number of nitrogen functional groups attached to an aromatic ring is 1. The van der Waals surface area contributed by atoms with E-state index in [1.807, 2.05) is 33.8 Å². The SMILES string of the molecule is C=C(CNC(=O)c1cc(C=NCCC)c(N)c(OC)c1)c1cc2c(c(-c3cc(C(C)C)c(F)cc3F)n1)OCC2C.CN.CO. The molecule has 6 N–H and O–H groups in total. The Morgan fingerprint density at radius 3 is 2.53 bits per heavy atom. The molecule has 3 aromatic rings. The molecule has 1 unspecified atom stereocenters. The summed E-state index contributed by atoms with van der Waals surface area (Å²) in [7, 11) is 3.98. The summed E-state index contributed by atoms with van der Waals surface area (Å²) in [6.45, 7) is 13.0. The van der Waals surface area contributed by atoms with Gasteiger partial charge in [-0.25, -0.2) is 13.8 Å². The van der Waals surface area contributed by atoms with Crippen molar-refractivity contribution in [2.75, 3.05) is 46.7 Å². The predicted octanol–water partition coefficient (Wildman–Crippen LogP) is 5.69. The summed E-state index contributed by atoms with van der Waals surface area (Å²) in [4.78, 5) is 22.2. The molecule has 0 fully saturated rings. The first-order valence-corrected chi connectivity index (χ1v) is 14.7. The number of anilines is 1. The molecule has 1 aliphatic heterocycles. The minimum Gasteiger partial charge on any atom is -0.495 e. The van der Waals surface area contributed by atoms with Crippen molar-refractivity contribution in [2.24, 2.45) is 10.7 Å². The number of methoxy groups -OCH3 is 1. The van der Waals surface area contributed by atoms with Gasteiger partial charge in [-0.15, -0.1) is 0 Å². The van der Waals surface area contributed by atoms with Crippen molar-refractivity contribution in [2.45, 2.75) is 46.0 Å². The Kier molecular flexibility index (Phi) is 14.1. The van der Waals surface area contributed by atoms with Gasteiger partial charge in [0.15, 0.2) is 0 Å². The molecule has 244 valence electrons. The number of amides is 1. The summed E-state index contributed by atoms with van der Waals surface area (Å²) < 4.78 is 40.8. The number of aliphatic hydroxyl groups excluding tert-OH is 1. The zero-order valence-electron chi connectivity index (χ0n) is 27.1. The van der Waals surface area contributed by atoms with Gasteiger partial charge in [0.05, 0.1) is 25.1 Å². The molecule has 0 bridgehead atoms. The van der Waals surface area contributed by atoms with Crippen LogP contribution in [0.4, 0.5) is 14.5 Å². The van der Waals surface area contributed by atoms with E-state index in [9.17, 15) is 9.18 Å². The summed E-state index contributed by atoms with van der Waals surface area (Å²) >= 11 is 0. The molecule has 1 aliphatic rings. The second kappa shape index (κ2) is 17.2. The maximum absolute atomic E-state index is 15.1. The third-order valence-electron chi connectivity index (χ3n) is 7.04. The van der Waals surface area contributed by atoms with E-state index < -0.39 is 11.6 Å². The van der Waals surface area contributed by atoms with Crippen molar-refractivity contribution in [3.05, 3.63) is 76.5 Å². The lowest BCUT2D eigenvalue weighted by Crippen LogP contribution is -2.25. The van der Waals surface area contributed by atoms with Crippen LogP contribution in [0.25, 0.3) is 16.8 Å². The summed E-state index contributed by atoms with van der Waals surface area (Å²) in [6, 6.07) is 7.46. The average Bonchev–Trinajstić information content (AvgIpc) is 3.42. The van der Waals surface area contributed by atoms with Crippen molar-refractivity contribution >= 4 is 23.4 Å². The number of hydrogen-bond acceptors (Lipinski definition) is 8. The van der Waals surface area contributed by atoms with Crippen LogP contribution in [0.15, 0.2) is 41.9 Å². The first-order chi connectivity index (χ1) is 21.5. The minimum absolute atomic E-state index is 0.0380. The zero-order valence-corrected chi connectivity index (χ0v) is 27.1. The molecule has 1 aromatic heterocycles. The molecule has 1 amide bonds. The number of halogens is 2. The number of nitrogens with two attached hydrogens (primary N) is 2. The Morgan fingerprint density at radius 1 is 1.22 bits per heavy atom. The number of carbonyl (C=O) groups is 1.